The molecule has 0 amide bonds. The predicted molar refractivity (Wildman–Crippen MR) is 65.0 cm³/mol. The van der Waals surface area contributed by atoms with E-state index in [-0.39, 0.29) is 0 Å². The smallest absolute Gasteiger partial charge is 0.131 e. The summed E-state index contributed by atoms with van der Waals surface area (Å²) in [7, 11) is 3.48. The minimum atomic E-state index is 0.899. The van der Waals surface area contributed by atoms with Gasteiger partial charge in [-0.2, -0.15) is 0 Å². The van der Waals surface area contributed by atoms with E-state index in [4.69, 9.17) is 4.74 Å². The second-order valence-electron chi connectivity index (χ2n) is 3.26. The summed E-state index contributed by atoms with van der Waals surface area (Å²) in [6.45, 7) is 4.01. The van der Waals surface area contributed by atoms with Crippen LogP contribution in [0.3, 0.4) is 0 Å². The molecule has 2 nitrogen and oxygen atoms in total. The quantitative estimate of drug-likeness (QED) is 0.692. The highest BCUT2D eigenvalue weighted by Gasteiger charge is 2.08. The lowest BCUT2D eigenvalue weighted by Gasteiger charge is -2.10. The number of methoxy groups -OCH3 is 1. The third-order valence-electron chi connectivity index (χ3n) is 2.26. The molecule has 0 bridgehead atoms. The zero-order valence-corrected chi connectivity index (χ0v) is 9.74. The Morgan fingerprint density at radius 1 is 1.40 bits per heavy atom. The Hall–Kier alpha value is -1.57. The summed E-state index contributed by atoms with van der Waals surface area (Å²) in [6.07, 6.45) is 3.96. The number of aryl methyl sites for hydroxylation is 1. The van der Waals surface area contributed by atoms with Crippen LogP contribution < -0.4 is 4.74 Å². The number of hydrogen-bond donors (Lipinski definition) is 0. The maximum absolute atomic E-state index is 5.39. The summed E-state index contributed by atoms with van der Waals surface area (Å²) in [5, 5.41) is 0. The number of allylic oxidation sites excluding steroid dienone is 2. The van der Waals surface area contributed by atoms with Crippen LogP contribution in [0.5, 0.6) is 5.75 Å². The third kappa shape index (κ3) is 2.46. The molecule has 0 radical (unpaired) electrons. The van der Waals surface area contributed by atoms with E-state index in [1.54, 1.807) is 14.2 Å². The summed E-state index contributed by atoms with van der Waals surface area (Å²) in [5.74, 6) is 0.899. The van der Waals surface area contributed by atoms with Crippen molar-refractivity contribution in [2.24, 2.45) is 4.99 Å². The largest absolute Gasteiger partial charge is 0.496 e. The molecule has 0 aliphatic rings. The molecule has 0 aliphatic carbocycles. The maximum Gasteiger partial charge on any atom is 0.131 e. The Morgan fingerprint density at radius 3 is 2.67 bits per heavy atom. The average Bonchev–Trinajstić information content (AvgIpc) is 2.25. The summed E-state index contributed by atoms with van der Waals surface area (Å²) >= 11 is 0. The van der Waals surface area contributed by atoms with Crippen LogP contribution in [-0.2, 0) is 0 Å². The van der Waals surface area contributed by atoms with Gasteiger partial charge >= 0.3 is 0 Å². The molecule has 0 saturated carbocycles. The normalized spacial score (nSPS) is 12.1. The Labute approximate surface area is 91.3 Å². The Kier molecular flexibility index (Phi) is 4.10. The van der Waals surface area contributed by atoms with Gasteiger partial charge in [0.05, 0.1) is 12.8 Å². The van der Waals surface area contributed by atoms with Crippen LogP contribution in [-0.4, -0.2) is 19.9 Å². The Balaban J connectivity index is 3.29. The molecule has 0 N–H and O–H groups in total. The van der Waals surface area contributed by atoms with E-state index in [9.17, 15) is 0 Å². The SMILES string of the molecule is C/C=C\C(=N/C)c1cccc(C)c1OC. The summed E-state index contributed by atoms with van der Waals surface area (Å²) in [5.41, 5.74) is 3.11. The topological polar surface area (TPSA) is 21.6 Å². The van der Waals surface area contributed by atoms with Gasteiger partial charge in [0, 0.05) is 12.6 Å². The van der Waals surface area contributed by atoms with Crippen LogP contribution >= 0.6 is 0 Å². The highest BCUT2D eigenvalue weighted by Crippen LogP contribution is 2.23. The zero-order chi connectivity index (χ0) is 11.3. The first-order chi connectivity index (χ1) is 7.24. The molecule has 0 aromatic heterocycles. The second kappa shape index (κ2) is 5.35. The molecule has 0 unspecified atom stereocenters. The van der Waals surface area contributed by atoms with Crippen LogP contribution in [0.15, 0.2) is 35.3 Å². The van der Waals surface area contributed by atoms with Crippen molar-refractivity contribution in [3.63, 3.8) is 0 Å². The second-order valence-corrected chi connectivity index (χ2v) is 3.26. The van der Waals surface area contributed by atoms with Gasteiger partial charge in [0.15, 0.2) is 0 Å². The standard InChI is InChI=1S/C13H17NO/c1-5-7-12(14-3)11-9-6-8-10(2)13(11)15-4/h5-9H,1-4H3/b7-5-,14-12+. The van der Waals surface area contributed by atoms with E-state index in [1.807, 2.05) is 44.2 Å². The van der Waals surface area contributed by atoms with Crippen LogP contribution in [0.2, 0.25) is 0 Å². The molecule has 1 aromatic carbocycles. The molecule has 0 heterocycles. The summed E-state index contributed by atoms with van der Waals surface area (Å²) in [4.78, 5) is 4.25. The van der Waals surface area contributed by atoms with Gasteiger partial charge in [-0.25, -0.2) is 0 Å². The predicted octanol–water partition coefficient (Wildman–Crippen LogP) is 3.00. The molecule has 80 valence electrons. The molecule has 0 atom stereocenters. The Bertz CT molecular complexity index is 392. The van der Waals surface area contributed by atoms with E-state index < -0.39 is 0 Å². The number of benzene rings is 1. The number of aliphatic imine (C=N–C) groups is 1. The first-order valence-electron chi connectivity index (χ1n) is 4.98. The molecule has 1 aromatic rings. The lowest BCUT2D eigenvalue weighted by molar-refractivity contribution is 0.411. The molecule has 15 heavy (non-hydrogen) atoms. The Morgan fingerprint density at radius 2 is 2.13 bits per heavy atom. The molecule has 0 fully saturated rings. The van der Waals surface area contributed by atoms with Gasteiger partial charge in [-0.3, -0.25) is 4.99 Å². The summed E-state index contributed by atoms with van der Waals surface area (Å²) in [6, 6.07) is 6.07. The molecular weight excluding hydrogens is 186 g/mol. The van der Waals surface area contributed by atoms with Crippen molar-refractivity contribution in [3.8, 4) is 5.75 Å². The van der Waals surface area contributed by atoms with Crippen molar-refractivity contribution >= 4 is 5.71 Å². The van der Waals surface area contributed by atoms with Crippen molar-refractivity contribution in [1.82, 2.24) is 0 Å². The minimum Gasteiger partial charge on any atom is -0.496 e. The van der Waals surface area contributed by atoms with Crippen molar-refractivity contribution in [2.75, 3.05) is 14.2 Å². The van der Waals surface area contributed by atoms with Crippen molar-refractivity contribution in [1.29, 1.82) is 0 Å². The fourth-order valence-corrected chi connectivity index (χ4v) is 1.57. The molecule has 0 saturated heterocycles. The van der Waals surface area contributed by atoms with Gasteiger partial charge in [-0.1, -0.05) is 18.2 Å². The van der Waals surface area contributed by atoms with E-state index in [1.165, 1.54) is 0 Å². The van der Waals surface area contributed by atoms with Crippen LogP contribution in [0.4, 0.5) is 0 Å². The van der Waals surface area contributed by atoms with Crippen molar-refractivity contribution in [3.05, 3.63) is 41.5 Å². The molecule has 0 spiro atoms. The zero-order valence-electron chi connectivity index (χ0n) is 9.74. The van der Waals surface area contributed by atoms with Gasteiger partial charge in [0.1, 0.15) is 5.75 Å². The molecule has 1 rings (SSSR count). The van der Waals surface area contributed by atoms with Gasteiger partial charge in [-0.15, -0.1) is 0 Å². The van der Waals surface area contributed by atoms with Gasteiger partial charge < -0.3 is 4.74 Å². The summed E-state index contributed by atoms with van der Waals surface area (Å²) < 4.78 is 5.39. The number of hydrogen-bond acceptors (Lipinski definition) is 2. The van der Waals surface area contributed by atoms with E-state index >= 15 is 0 Å². The number of rotatable bonds is 3. The van der Waals surface area contributed by atoms with Crippen LogP contribution in [0.1, 0.15) is 18.1 Å². The molecule has 2 heteroatoms. The molecular formula is C13H17NO. The first-order valence-corrected chi connectivity index (χ1v) is 4.98. The fraction of sp³-hybridized carbons (Fsp3) is 0.308. The third-order valence-corrected chi connectivity index (χ3v) is 2.26. The van der Waals surface area contributed by atoms with Gasteiger partial charge in [0.25, 0.3) is 0 Å². The highest BCUT2D eigenvalue weighted by atomic mass is 16.5. The lowest BCUT2D eigenvalue weighted by atomic mass is 10.0. The van der Waals surface area contributed by atoms with Gasteiger partial charge in [0.2, 0.25) is 0 Å². The van der Waals surface area contributed by atoms with Crippen molar-refractivity contribution < 1.29 is 4.74 Å². The van der Waals surface area contributed by atoms with Gasteiger partial charge in [-0.05, 0) is 31.6 Å². The number of nitrogens with zero attached hydrogens (tertiary/aromatic N) is 1. The van der Waals surface area contributed by atoms with E-state index in [0.717, 1.165) is 22.6 Å². The maximum atomic E-state index is 5.39. The highest BCUT2D eigenvalue weighted by molar-refractivity contribution is 6.10. The van der Waals surface area contributed by atoms with Crippen molar-refractivity contribution in [2.45, 2.75) is 13.8 Å². The van der Waals surface area contributed by atoms with Crippen LogP contribution in [0.25, 0.3) is 0 Å². The van der Waals surface area contributed by atoms with E-state index in [0.29, 0.717) is 0 Å². The average molecular weight is 203 g/mol. The number of ether oxygens (including phenoxy) is 1. The van der Waals surface area contributed by atoms with Crippen LogP contribution in [0, 0.1) is 6.92 Å². The minimum absolute atomic E-state index is 0.899. The molecule has 0 aliphatic heterocycles. The monoisotopic (exact) mass is 203 g/mol. The first kappa shape index (κ1) is 11.5. The van der Waals surface area contributed by atoms with E-state index in [2.05, 4.69) is 4.99 Å². The number of para-hydroxylation sites is 1. The fourth-order valence-electron chi connectivity index (χ4n) is 1.57. The lowest BCUT2D eigenvalue weighted by Crippen LogP contribution is -2.01.